The van der Waals surface area contributed by atoms with E-state index in [4.69, 9.17) is 14.2 Å². The van der Waals surface area contributed by atoms with Gasteiger partial charge in [-0.15, -0.1) is 19.7 Å². The van der Waals surface area contributed by atoms with Crippen molar-refractivity contribution < 1.29 is 14.2 Å². The van der Waals surface area contributed by atoms with Crippen molar-refractivity contribution in [3.63, 3.8) is 0 Å². The fourth-order valence-corrected chi connectivity index (χ4v) is 4.82. The average molecular weight is 727 g/mol. The van der Waals surface area contributed by atoms with Gasteiger partial charge < -0.3 is 14.2 Å². The van der Waals surface area contributed by atoms with Gasteiger partial charge in [0.05, 0.1) is 13.2 Å². The molecule has 0 radical (unpaired) electrons. The van der Waals surface area contributed by atoms with Gasteiger partial charge in [0, 0.05) is 6.61 Å². The molecular weight excluding hydrogens is 649 g/mol. The molecule has 0 fully saturated rings. The molecule has 0 aliphatic heterocycles. The Kier molecular flexibility index (Phi) is 34.1. The highest BCUT2D eigenvalue weighted by Gasteiger charge is 2.19. The van der Waals surface area contributed by atoms with Gasteiger partial charge in [-0.05, 0) is 105 Å². The minimum absolute atomic E-state index is 0.319. The number of rotatable bonds is 27. The summed E-state index contributed by atoms with van der Waals surface area (Å²) >= 11 is 0. The zero-order chi connectivity index (χ0) is 40.2. The molecule has 2 rings (SSSR count). The van der Waals surface area contributed by atoms with Gasteiger partial charge in [0.1, 0.15) is 18.1 Å². The Bertz CT molecular complexity index is 1240. The first-order valence-corrected chi connectivity index (χ1v) is 20.1. The molecule has 0 N–H and O–H groups in total. The highest BCUT2D eigenvalue weighted by atomic mass is 16.5. The number of allylic oxidation sites excluding steroid dienone is 6. The van der Waals surface area contributed by atoms with E-state index in [2.05, 4.69) is 122 Å². The van der Waals surface area contributed by atoms with Gasteiger partial charge in [0.25, 0.3) is 0 Å². The van der Waals surface area contributed by atoms with Crippen LogP contribution >= 0.6 is 0 Å². The van der Waals surface area contributed by atoms with E-state index in [-0.39, 0.29) is 0 Å². The maximum atomic E-state index is 5.93. The topological polar surface area (TPSA) is 27.7 Å². The first kappa shape index (κ1) is 51.3. The van der Waals surface area contributed by atoms with E-state index < -0.39 is 0 Å². The minimum atomic E-state index is 0.319. The largest absolute Gasteiger partial charge is 0.494 e. The van der Waals surface area contributed by atoms with E-state index in [1.807, 2.05) is 38.2 Å². The summed E-state index contributed by atoms with van der Waals surface area (Å²) in [7, 11) is 0. The second-order valence-electron chi connectivity index (χ2n) is 13.3. The quantitative estimate of drug-likeness (QED) is 0.0397. The van der Waals surface area contributed by atoms with Gasteiger partial charge in [-0.1, -0.05) is 153 Å². The second-order valence-corrected chi connectivity index (χ2v) is 13.3. The van der Waals surface area contributed by atoms with E-state index in [1.165, 1.54) is 43.2 Å². The monoisotopic (exact) mass is 727 g/mol. The zero-order valence-corrected chi connectivity index (χ0v) is 35.1. The molecule has 0 aromatic heterocycles. The molecule has 2 aromatic rings. The zero-order valence-electron chi connectivity index (χ0n) is 35.1. The van der Waals surface area contributed by atoms with Gasteiger partial charge in [0.2, 0.25) is 0 Å². The second kappa shape index (κ2) is 35.2. The summed E-state index contributed by atoms with van der Waals surface area (Å²) in [5.74, 6) is 1.59. The lowest BCUT2D eigenvalue weighted by Crippen LogP contribution is -2.21. The summed E-state index contributed by atoms with van der Waals surface area (Å²) in [4.78, 5) is 0. The van der Waals surface area contributed by atoms with E-state index in [1.54, 1.807) is 0 Å². The van der Waals surface area contributed by atoms with Crippen molar-refractivity contribution in [3.05, 3.63) is 152 Å². The third-order valence-corrected chi connectivity index (χ3v) is 8.97. The Morgan fingerprint density at radius 3 is 1.70 bits per heavy atom. The number of hydrogen-bond donors (Lipinski definition) is 0. The summed E-state index contributed by atoms with van der Waals surface area (Å²) in [5, 5.41) is 0. The molecule has 0 saturated heterocycles. The molecule has 0 heterocycles. The van der Waals surface area contributed by atoms with Crippen LogP contribution in [0.25, 0.3) is 0 Å². The maximum absolute atomic E-state index is 5.93. The first-order chi connectivity index (χ1) is 25.7. The Labute approximate surface area is 328 Å². The summed E-state index contributed by atoms with van der Waals surface area (Å²) in [6.07, 6.45) is 22.0. The lowest BCUT2D eigenvalue weighted by Gasteiger charge is -2.26. The smallest absolute Gasteiger partial charge is 0.119 e. The van der Waals surface area contributed by atoms with Crippen LogP contribution in [0.5, 0.6) is 5.75 Å². The first-order valence-electron chi connectivity index (χ1n) is 20.1. The van der Waals surface area contributed by atoms with Crippen molar-refractivity contribution in [3.8, 4) is 5.75 Å². The highest BCUT2D eigenvalue weighted by Crippen LogP contribution is 2.25. The molecular formula is C50H78O3. The molecule has 0 aliphatic carbocycles. The van der Waals surface area contributed by atoms with Gasteiger partial charge in [-0.2, -0.15) is 0 Å². The lowest BCUT2D eigenvalue weighted by atomic mass is 9.86. The van der Waals surface area contributed by atoms with Crippen molar-refractivity contribution in [2.45, 2.75) is 132 Å². The molecule has 0 saturated carbocycles. The van der Waals surface area contributed by atoms with Crippen LogP contribution in [0.3, 0.4) is 0 Å². The van der Waals surface area contributed by atoms with Crippen LogP contribution in [0.15, 0.2) is 136 Å². The van der Waals surface area contributed by atoms with Gasteiger partial charge >= 0.3 is 0 Å². The van der Waals surface area contributed by atoms with Crippen LogP contribution in [0.2, 0.25) is 0 Å². The van der Waals surface area contributed by atoms with Crippen LogP contribution in [-0.2, 0) is 22.5 Å². The van der Waals surface area contributed by atoms with Crippen LogP contribution in [0, 0.1) is 5.41 Å². The van der Waals surface area contributed by atoms with E-state index >= 15 is 0 Å². The average Bonchev–Trinajstić information content (AvgIpc) is 3.21. The van der Waals surface area contributed by atoms with Crippen molar-refractivity contribution in [2.75, 3.05) is 19.8 Å². The van der Waals surface area contributed by atoms with E-state index in [0.29, 0.717) is 17.8 Å². The molecule has 0 aliphatic rings. The number of unbranched alkanes of at least 4 members (excludes halogenated alkanes) is 5. The molecule has 3 heteroatoms. The Morgan fingerprint density at radius 1 is 0.660 bits per heavy atom. The molecule has 0 unspecified atom stereocenters. The van der Waals surface area contributed by atoms with Crippen LogP contribution in [0.1, 0.15) is 135 Å². The van der Waals surface area contributed by atoms with Crippen LogP contribution in [-0.4, -0.2) is 19.8 Å². The Morgan fingerprint density at radius 2 is 1.15 bits per heavy atom. The van der Waals surface area contributed by atoms with Crippen molar-refractivity contribution in [1.29, 1.82) is 0 Å². The van der Waals surface area contributed by atoms with Crippen LogP contribution < -0.4 is 4.74 Å². The standard InChI is InChI=1S/C42H60O3.C4H8.C2H6.C2H4/c1-8-35(4)18-14-11-12-17-31-44-41-28-26-39(27-29-41)32-38-22-24-40(25-23-38)33-45-37(6)21-20-36(5)19-15-13-16-30-43-34-42(7,9-2)10-3;1-3-4-2;2*1-2/h8,20-29H,1,4-6,9-19,30-34H2,2-3,7H3;3H,1,4H2,2H3;1-2H3;1-2H2/b21-20-;;;. The maximum Gasteiger partial charge on any atom is 0.119 e. The predicted molar refractivity (Wildman–Crippen MR) is 237 cm³/mol. The fraction of sp³-hybridized carbons (Fsp3) is 0.480. The van der Waals surface area contributed by atoms with Crippen LogP contribution in [0.4, 0.5) is 0 Å². The summed E-state index contributed by atoms with van der Waals surface area (Å²) in [5.41, 5.74) is 6.22. The SMILES string of the molecule is C=C.C=CC(=C)CCCCCCOc1ccc(Cc2ccc(COC(=C)/C=C\C(=C)CCCCCOCC(C)(CC)CC)cc2)cc1.C=CCC.CC. The normalized spacial score (nSPS) is 10.4. The van der Waals surface area contributed by atoms with Crippen molar-refractivity contribution >= 4 is 0 Å². The fourth-order valence-electron chi connectivity index (χ4n) is 4.82. The molecule has 53 heavy (non-hydrogen) atoms. The van der Waals surface area contributed by atoms with Crippen molar-refractivity contribution in [1.82, 2.24) is 0 Å². The summed E-state index contributed by atoms with van der Waals surface area (Å²) in [6, 6.07) is 17.1. The minimum Gasteiger partial charge on any atom is -0.494 e. The molecule has 0 bridgehead atoms. The van der Waals surface area contributed by atoms with Gasteiger partial charge in [0.15, 0.2) is 0 Å². The van der Waals surface area contributed by atoms with Gasteiger partial charge in [-0.25, -0.2) is 0 Å². The summed E-state index contributed by atoms with van der Waals surface area (Å²) < 4.78 is 17.7. The summed E-state index contributed by atoms with van der Waals surface area (Å²) in [6.45, 7) is 41.3. The molecule has 0 atom stereocenters. The Balaban J connectivity index is 0. The van der Waals surface area contributed by atoms with Crippen molar-refractivity contribution in [2.24, 2.45) is 5.41 Å². The molecule has 0 amide bonds. The highest BCUT2D eigenvalue weighted by molar-refractivity contribution is 5.32. The molecule has 296 valence electrons. The molecule has 0 spiro atoms. The lowest BCUT2D eigenvalue weighted by molar-refractivity contribution is 0.0463. The number of ether oxygens (including phenoxy) is 3. The predicted octanol–water partition coefficient (Wildman–Crippen LogP) is 15.3. The third-order valence-electron chi connectivity index (χ3n) is 8.97. The van der Waals surface area contributed by atoms with Gasteiger partial charge in [-0.3, -0.25) is 0 Å². The Hall–Kier alpha value is -3.82. The molecule has 3 nitrogen and oxygen atoms in total. The van der Waals surface area contributed by atoms with E-state index in [9.17, 15) is 0 Å². The van der Waals surface area contributed by atoms with E-state index in [0.717, 1.165) is 93.6 Å². The number of benzene rings is 2. The number of hydrogen-bond acceptors (Lipinski definition) is 3. The molecule has 2 aromatic carbocycles. The third kappa shape index (κ3) is 28.4.